The van der Waals surface area contributed by atoms with Gasteiger partial charge in [0.1, 0.15) is 0 Å². The standard InChI is InChI=1S/C14H14F3N3/c1-9-8-10(2)19-13(18-9)20(3)12-7-5-4-6-11(12)14(15,16)17/h4-8H,1-3H3. The Bertz CT molecular complexity index is 603. The molecule has 0 spiro atoms. The lowest BCUT2D eigenvalue weighted by Crippen LogP contribution is -2.19. The Balaban J connectivity index is 2.51. The van der Waals surface area contributed by atoms with Crippen LogP contribution in [0.1, 0.15) is 17.0 Å². The molecule has 0 amide bonds. The first-order valence-corrected chi connectivity index (χ1v) is 6.01. The fourth-order valence-electron chi connectivity index (χ4n) is 1.97. The summed E-state index contributed by atoms with van der Waals surface area (Å²) in [6, 6.07) is 7.15. The second-order valence-corrected chi connectivity index (χ2v) is 4.52. The zero-order chi connectivity index (χ0) is 14.9. The van der Waals surface area contributed by atoms with Crippen molar-refractivity contribution in [3.8, 4) is 0 Å². The van der Waals surface area contributed by atoms with Crippen molar-refractivity contribution in [3.63, 3.8) is 0 Å². The van der Waals surface area contributed by atoms with Crippen LogP contribution in [0.3, 0.4) is 0 Å². The summed E-state index contributed by atoms with van der Waals surface area (Å²) in [5.41, 5.74) is 0.753. The molecule has 1 aromatic heterocycles. The molecular formula is C14H14F3N3. The van der Waals surface area contributed by atoms with Gasteiger partial charge in [-0.3, -0.25) is 0 Å². The molecule has 0 bridgehead atoms. The van der Waals surface area contributed by atoms with Crippen LogP contribution in [0, 0.1) is 13.8 Å². The molecule has 0 atom stereocenters. The highest BCUT2D eigenvalue weighted by Gasteiger charge is 2.34. The van der Waals surface area contributed by atoms with Gasteiger partial charge < -0.3 is 4.90 Å². The summed E-state index contributed by atoms with van der Waals surface area (Å²) in [4.78, 5) is 9.71. The van der Waals surface area contributed by atoms with E-state index in [2.05, 4.69) is 9.97 Å². The third kappa shape index (κ3) is 2.89. The molecule has 1 heterocycles. The van der Waals surface area contributed by atoms with Crippen molar-refractivity contribution in [1.82, 2.24) is 9.97 Å². The van der Waals surface area contributed by atoms with Gasteiger partial charge in [0.2, 0.25) is 5.95 Å². The quantitative estimate of drug-likeness (QED) is 0.836. The number of alkyl halides is 3. The Morgan fingerprint density at radius 3 is 2.10 bits per heavy atom. The summed E-state index contributed by atoms with van der Waals surface area (Å²) in [6.07, 6.45) is -4.41. The van der Waals surface area contributed by atoms with E-state index in [4.69, 9.17) is 0 Å². The summed E-state index contributed by atoms with van der Waals surface area (Å²) < 4.78 is 39.0. The molecule has 2 aromatic rings. The molecule has 0 fully saturated rings. The predicted molar refractivity (Wildman–Crippen MR) is 71.0 cm³/mol. The molecule has 106 valence electrons. The molecule has 0 radical (unpaired) electrons. The molecule has 1 aromatic carbocycles. The van der Waals surface area contributed by atoms with Crippen LogP contribution in [0.5, 0.6) is 0 Å². The second-order valence-electron chi connectivity index (χ2n) is 4.52. The van der Waals surface area contributed by atoms with Crippen LogP contribution in [-0.4, -0.2) is 17.0 Å². The largest absolute Gasteiger partial charge is 0.418 e. The minimum Gasteiger partial charge on any atom is -0.313 e. The minimum atomic E-state index is -4.41. The minimum absolute atomic E-state index is 0.0324. The maximum absolute atomic E-state index is 13.0. The summed E-state index contributed by atoms with van der Waals surface area (Å²) in [6.45, 7) is 3.56. The summed E-state index contributed by atoms with van der Waals surface area (Å²) in [7, 11) is 1.53. The molecule has 0 unspecified atom stereocenters. The predicted octanol–water partition coefficient (Wildman–Crippen LogP) is 3.88. The van der Waals surface area contributed by atoms with Crippen LogP contribution in [0.2, 0.25) is 0 Å². The van der Waals surface area contributed by atoms with E-state index in [0.29, 0.717) is 11.4 Å². The molecule has 0 saturated heterocycles. The fraction of sp³-hybridized carbons (Fsp3) is 0.286. The highest BCUT2D eigenvalue weighted by Crippen LogP contribution is 2.37. The number of aryl methyl sites for hydroxylation is 2. The number of hydrogen-bond donors (Lipinski definition) is 0. The molecule has 6 heteroatoms. The van der Waals surface area contributed by atoms with Gasteiger partial charge in [0, 0.05) is 18.4 Å². The number of benzene rings is 1. The van der Waals surface area contributed by atoms with Gasteiger partial charge in [-0.05, 0) is 32.0 Å². The highest BCUT2D eigenvalue weighted by atomic mass is 19.4. The maximum atomic E-state index is 13.0. The number of halogens is 3. The van der Waals surface area contributed by atoms with Crippen molar-refractivity contribution in [3.05, 3.63) is 47.3 Å². The van der Waals surface area contributed by atoms with E-state index in [1.54, 1.807) is 26.0 Å². The summed E-state index contributed by atoms with van der Waals surface area (Å²) in [5, 5.41) is 0. The molecule has 0 saturated carbocycles. The SMILES string of the molecule is Cc1cc(C)nc(N(C)c2ccccc2C(F)(F)F)n1. The zero-order valence-electron chi connectivity index (χ0n) is 11.4. The summed E-state index contributed by atoms with van der Waals surface area (Å²) >= 11 is 0. The summed E-state index contributed by atoms with van der Waals surface area (Å²) in [5.74, 6) is 0.249. The first kappa shape index (κ1) is 14.3. The topological polar surface area (TPSA) is 29.0 Å². The van der Waals surface area contributed by atoms with Crippen LogP contribution >= 0.6 is 0 Å². The van der Waals surface area contributed by atoms with Crippen LogP contribution in [-0.2, 0) is 6.18 Å². The van der Waals surface area contributed by atoms with Gasteiger partial charge in [0.05, 0.1) is 11.3 Å². The Labute approximate surface area is 115 Å². The van der Waals surface area contributed by atoms with Gasteiger partial charge in [0.15, 0.2) is 0 Å². The third-order valence-corrected chi connectivity index (χ3v) is 2.84. The van der Waals surface area contributed by atoms with Crippen LogP contribution in [0.25, 0.3) is 0 Å². The van der Waals surface area contributed by atoms with Crippen molar-refractivity contribution in [2.75, 3.05) is 11.9 Å². The fourth-order valence-corrected chi connectivity index (χ4v) is 1.97. The van der Waals surface area contributed by atoms with Gasteiger partial charge >= 0.3 is 6.18 Å². The van der Waals surface area contributed by atoms with Crippen molar-refractivity contribution in [2.24, 2.45) is 0 Å². The van der Waals surface area contributed by atoms with E-state index < -0.39 is 11.7 Å². The van der Waals surface area contributed by atoms with Crippen LogP contribution in [0.4, 0.5) is 24.8 Å². The van der Waals surface area contributed by atoms with Crippen LogP contribution in [0.15, 0.2) is 30.3 Å². The van der Waals surface area contributed by atoms with E-state index in [9.17, 15) is 13.2 Å². The van der Waals surface area contributed by atoms with Gasteiger partial charge in [-0.15, -0.1) is 0 Å². The number of hydrogen-bond acceptors (Lipinski definition) is 3. The van der Waals surface area contributed by atoms with Crippen molar-refractivity contribution in [2.45, 2.75) is 20.0 Å². The number of aromatic nitrogens is 2. The van der Waals surface area contributed by atoms with Crippen molar-refractivity contribution < 1.29 is 13.2 Å². The Hall–Kier alpha value is -2.11. The molecular weight excluding hydrogens is 267 g/mol. The normalized spacial score (nSPS) is 11.5. The average Bonchev–Trinajstić information content (AvgIpc) is 2.35. The molecule has 2 rings (SSSR count). The Morgan fingerprint density at radius 2 is 1.55 bits per heavy atom. The van der Waals surface area contributed by atoms with E-state index in [0.717, 1.165) is 6.07 Å². The third-order valence-electron chi connectivity index (χ3n) is 2.84. The number of nitrogens with zero attached hydrogens (tertiary/aromatic N) is 3. The zero-order valence-corrected chi connectivity index (χ0v) is 11.4. The number of para-hydroxylation sites is 1. The molecule has 0 aliphatic heterocycles. The average molecular weight is 281 g/mol. The van der Waals surface area contributed by atoms with Crippen molar-refractivity contribution in [1.29, 1.82) is 0 Å². The Kier molecular flexibility index (Phi) is 3.65. The van der Waals surface area contributed by atoms with Crippen molar-refractivity contribution >= 4 is 11.6 Å². The monoisotopic (exact) mass is 281 g/mol. The molecule has 0 aliphatic rings. The smallest absolute Gasteiger partial charge is 0.313 e. The highest BCUT2D eigenvalue weighted by molar-refractivity contribution is 5.62. The molecule has 0 aliphatic carbocycles. The molecule has 3 nitrogen and oxygen atoms in total. The number of anilines is 2. The number of rotatable bonds is 2. The Morgan fingerprint density at radius 1 is 1.00 bits per heavy atom. The maximum Gasteiger partial charge on any atom is 0.418 e. The van der Waals surface area contributed by atoms with E-state index >= 15 is 0 Å². The molecule has 20 heavy (non-hydrogen) atoms. The first-order chi connectivity index (χ1) is 9.29. The molecule has 0 N–H and O–H groups in total. The lowest BCUT2D eigenvalue weighted by molar-refractivity contribution is -0.137. The van der Waals surface area contributed by atoms with Gasteiger partial charge in [-0.25, -0.2) is 9.97 Å². The van der Waals surface area contributed by atoms with Crippen LogP contribution < -0.4 is 4.90 Å². The van der Waals surface area contributed by atoms with E-state index in [1.807, 2.05) is 0 Å². The van der Waals surface area contributed by atoms with E-state index in [-0.39, 0.29) is 11.6 Å². The first-order valence-electron chi connectivity index (χ1n) is 6.01. The van der Waals surface area contributed by atoms with E-state index in [1.165, 1.54) is 24.1 Å². The lowest BCUT2D eigenvalue weighted by atomic mass is 10.1. The van der Waals surface area contributed by atoms with Gasteiger partial charge in [-0.1, -0.05) is 12.1 Å². The second kappa shape index (κ2) is 5.11. The lowest BCUT2D eigenvalue weighted by Gasteiger charge is -2.22. The van der Waals surface area contributed by atoms with Gasteiger partial charge in [-0.2, -0.15) is 13.2 Å². The van der Waals surface area contributed by atoms with Gasteiger partial charge in [0.25, 0.3) is 0 Å².